The van der Waals surface area contributed by atoms with Crippen LogP contribution in [0.3, 0.4) is 0 Å². The predicted octanol–water partition coefficient (Wildman–Crippen LogP) is 3.47. The second kappa shape index (κ2) is 7.41. The van der Waals surface area contributed by atoms with Crippen molar-refractivity contribution in [3.8, 4) is 0 Å². The highest BCUT2D eigenvalue weighted by Gasteiger charge is 2.69. The zero-order valence-corrected chi connectivity index (χ0v) is 19.6. The molecule has 5 rings (SSSR count). The van der Waals surface area contributed by atoms with Gasteiger partial charge in [-0.05, 0) is 59.6 Å². The van der Waals surface area contributed by atoms with Crippen LogP contribution >= 0.6 is 33.9 Å². The predicted molar refractivity (Wildman–Crippen MR) is 117 cm³/mol. The highest BCUT2D eigenvalue weighted by atomic mass is 127. The lowest BCUT2D eigenvalue weighted by atomic mass is 9.72. The average Bonchev–Trinajstić information content (AvgIpc) is 3.47. The number of thiophene rings is 1. The lowest BCUT2D eigenvalue weighted by Gasteiger charge is -2.33. The summed E-state index contributed by atoms with van der Waals surface area (Å²) in [7, 11) is 0. The minimum atomic E-state index is -0.794. The van der Waals surface area contributed by atoms with Crippen LogP contribution in [0.2, 0.25) is 0 Å². The fraction of sp³-hybridized carbons (Fsp3) is 0.591. The summed E-state index contributed by atoms with van der Waals surface area (Å²) in [5.74, 6) is -1.93. The smallest absolute Gasteiger partial charge is 0.311 e. The second-order valence-electron chi connectivity index (χ2n) is 8.91. The number of hydrogen-bond acceptors (Lipinski definition) is 7. The number of carbonyl (C=O) groups excluding carboxylic acids is 3. The van der Waals surface area contributed by atoms with Gasteiger partial charge in [0.1, 0.15) is 6.10 Å². The Morgan fingerprint density at radius 2 is 2.17 bits per heavy atom. The van der Waals surface area contributed by atoms with Gasteiger partial charge in [0.15, 0.2) is 11.4 Å². The molecule has 4 aliphatic rings. The number of hydrogen-bond donors (Lipinski definition) is 0. The van der Waals surface area contributed by atoms with Crippen LogP contribution in [0.1, 0.15) is 31.1 Å². The molecule has 160 valence electrons. The maximum atomic E-state index is 13.5. The lowest BCUT2D eigenvalue weighted by Crippen LogP contribution is -2.42. The molecule has 2 aliphatic carbocycles. The van der Waals surface area contributed by atoms with Crippen molar-refractivity contribution < 1.29 is 28.6 Å². The molecule has 2 bridgehead atoms. The monoisotopic (exact) mass is 542 g/mol. The molecule has 7 atom stereocenters. The third-order valence-corrected chi connectivity index (χ3v) is 9.32. The fourth-order valence-corrected chi connectivity index (χ4v) is 7.62. The minimum Gasteiger partial charge on any atom is -0.461 e. The molecule has 0 N–H and O–H groups in total. The van der Waals surface area contributed by atoms with Crippen LogP contribution in [0.25, 0.3) is 0 Å². The third kappa shape index (κ3) is 3.09. The van der Waals surface area contributed by atoms with E-state index in [4.69, 9.17) is 14.2 Å². The second-order valence-corrected chi connectivity index (χ2v) is 11.9. The molecule has 8 heteroatoms. The van der Waals surface area contributed by atoms with E-state index in [1.54, 1.807) is 18.3 Å². The summed E-state index contributed by atoms with van der Waals surface area (Å²) >= 11 is 3.85. The summed E-state index contributed by atoms with van der Waals surface area (Å²) in [6.45, 7) is 6.29. The van der Waals surface area contributed by atoms with E-state index in [1.807, 2.05) is 12.1 Å². The first-order chi connectivity index (χ1) is 14.3. The molecule has 1 aromatic heterocycles. The van der Waals surface area contributed by atoms with E-state index >= 15 is 0 Å². The van der Waals surface area contributed by atoms with Gasteiger partial charge >= 0.3 is 11.9 Å². The third-order valence-electron chi connectivity index (χ3n) is 7.25. The molecule has 6 nitrogen and oxygen atoms in total. The Labute approximate surface area is 192 Å². The highest BCUT2D eigenvalue weighted by Crippen LogP contribution is 2.62. The van der Waals surface area contributed by atoms with Gasteiger partial charge in [0.2, 0.25) is 0 Å². The Balaban J connectivity index is 1.42. The molecule has 2 saturated carbocycles. The SMILES string of the molecule is C=C(C)C(=O)CC1C2CC3C1OC(=O)C3C2C(=O)OC1(c2ccc(I)s2)CCOC1. The first kappa shape index (κ1) is 20.6. The number of esters is 2. The quantitative estimate of drug-likeness (QED) is 0.311. The van der Waals surface area contributed by atoms with Gasteiger partial charge < -0.3 is 14.2 Å². The maximum Gasteiger partial charge on any atom is 0.311 e. The van der Waals surface area contributed by atoms with E-state index in [2.05, 4.69) is 29.2 Å². The van der Waals surface area contributed by atoms with Crippen molar-refractivity contribution in [1.29, 1.82) is 0 Å². The highest BCUT2D eigenvalue weighted by molar-refractivity contribution is 14.1. The Kier molecular flexibility index (Phi) is 5.10. The molecule has 0 spiro atoms. The minimum absolute atomic E-state index is 0.00133. The number of fused-ring (bicyclic) bond motifs is 1. The van der Waals surface area contributed by atoms with Gasteiger partial charge in [0, 0.05) is 24.7 Å². The molecule has 0 radical (unpaired) electrons. The van der Waals surface area contributed by atoms with Crippen LogP contribution in [0.4, 0.5) is 0 Å². The summed E-state index contributed by atoms with van der Waals surface area (Å²) in [5.41, 5.74) is -0.301. The van der Waals surface area contributed by atoms with E-state index < -0.39 is 17.4 Å². The van der Waals surface area contributed by atoms with Gasteiger partial charge in [-0.25, -0.2) is 0 Å². The number of carbonyl (C=O) groups is 3. The molecule has 1 aromatic rings. The number of rotatable bonds is 6. The van der Waals surface area contributed by atoms with Crippen molar-refractivity contribution in [1.82, 2.24) is 0 Å². The first-order valence-corrected chi connectivity index (χ1v) is 12.2. The van der Waals surface area contributed by atoms with Gasteiger partial charge in [-0.3, -0.25) is 14.4 Å². The Hall–Kier alpha value is -1.26. The van der Waals surface area contributed by atoms with Gasteiger partial charge in [0.25, 0.3) is 0 Å². The standard InChI is InChI=1S/C22H23IO6S/c1-10(2)14(24)8-12-11-7-13-18(20(25)28-19(12)13)17(11)21(26)29-22(5-6-27-9-22)15-3-4-16(23)30-15/h3-4,11-13,17-19H,1,5-9H2,2H3. The molecular formula is C22H23IO6S. The largest absolute Gasteiger partial charge is 0.461 e. The lowest BCUT2D eigenvalue weighted by molar-refractivity contribution is -0.171. The van der Waals surface area contributed by atoms with Gasteiger partial charge in [0.05, 0.1) is 32.8 Å². The van der Waals surface area contributed by atoms with Crippen LogP contribution in [-0.4, -0.2) is 37.0 Å². The number of halogens is 1. The van der Waals surface area contributed by atoms with Crippen molar-refractivity contribution in [2.75, 3.05) is 13.2 Å². The zero-order chi connectivity index (χ0) is 21.2. The van der Waals surface area contributed by atoms with Crippen molar-refractivity contribution in [2.45, 2.75) is 37.9 Å². The van der Waals surface area contributed by atoms with E-state index in [-0.39, 0.29) is 48.0 Å². The molecule has 3 heterocycles. The average molecular weight is 542 g/mol. The number of ether oxygens (including phenoxy) is 3. The molecule has 2 saturated heterocycles. The van der Waals surface area contributed by atoms with Crippen molar-refractivity contribution in [3.63, 3.8) is 0 Å². The molecule has 0 aromatic carbocycles. The summed E-state index contributed by atoms with van der Waals surface area (Å²) in [6, 6.07) is 3.99. The zero-order valence-electron chi connectivity index (χ0n) is 16.6. The van der Waals surface area contributed by atoms with Crippen LogP contribution in [-0.2, 0) is 34.2 Å². The summed E-state index contributed by atoms with van der Waals surface area (Å²) < 4.78 is 18.5. The Morgan fingerprint density at radius 3 is 2.80 bits per heavy atom. The maximum absolute atomic E-state index is 13.5. The summed E-state index contributed by atoms with van der Waals surface area (Å²) in [5, 5.41) is 0. The van der Waals surface area contributed by atoms with Crippen LogP contribution in [0, 0.1) is 32.5 Å². The molecule has 7 unspecified atom stereocenters. The molecule has 2 aliphatic heterocycles. The van der Waals surface area contributed by atoms with Gasteiger partial charge in [-0.1, -0.05) is 6.58 Å². The number of Topliss-reactive ketones (excluding diaryl/α,β-unsaturated/α-hetero) is 1. The normalized spacial score (nSPS) is 38.7. The van der Waals surface area contributed by atoms with Gasteiger partial charge in [-0.15, -0.1) is 11.3 Å². The van der Waals surface area contributed by atoms with Crippen LogP contribution in [0.5, 0.6) is 0 Å². The van der Waals surface area contributed by atoms with E-state index in [0.717, 1.165) is 14.2 Å². The first-order valence-electron chi connectivity index (χ1n) is 10.3. The van der Waals surface area contributed by atoms with E-state index in [9.17, 15) is 14.4 Å². The Morgan fingerprint density at radius 1 is 1.37 bits per heavy atom. The summed E-state index contributed by atoms with van der Waals surface area (Å²) in [4.78, 5) is 39.4. The van der Waals surface area contributed by atoms with E-state index in [0.29, 0.717) is 25.2 Å². The van der Waals surface area contributed by atoms with Gasteiger partial charge in [-0.2, -0.15) is 0 Å². The van der Waals surface area contributed by atoms with Crippen molar-refractivity contribution in [3.05, 3.63) is 32.0 Å². The number of allylic oxidation sites excluding steroid dienone is 1. The fourth-order valence-electron chi connectivity index (χ4n) is 5.86. The molecule has 0 amide bonds. The van der Waals surface area contributed by atoms with Crippen LogP contribution < -0.4 is 0 Å². The van der Waals surface area contributed by atoms with Crippen molar-refractivity contribution >= 4 is 51.6 Å². The van der Waals surface area contributed by atoms with Crippen molar-refractivity contribution in [2.24, 2.45) is 29.6 Å². The Bertz CT molecular complexity index is 932. The van der Waals surface area contributed by atoms with E-state index in [1.165, 1.54) is 0 Å². The van der Waals surface area contributed by atoms with Crippen LogP contribution in [0.15, 0.2) is 24.3 Å². The summed E-state index contributed by atoms with van der Waals surface area (Å²) in [6.07, 6.45) is 1.34. The molecule has 4 fully saturated rings. The molecular weight excluding hydrogens is 519 g/mol. The molecule has 30 heavy (non-hydrogen) atoms. The topological polar surface area (TPSA) is 78.9 Å². The number of ketones is 1.